The number of hydrogen-bond donors (Lipinski definition) is 0. The van der Waals surface area contributed by atoms with Crippen LogP contribution in [-0.2, 0) is 13.6 Å². The topological polar surface area (TPSA) is 0 Å². The molecular formula is C30H35Rh-2. The molecule has 0 amide bonds. The van der Waals surface area contributed by atoms with Gasteiger partial charge in [0.15, 0.2) is 0 Å². The van der Waals surface area contributed by atoms with Crippen molar-refractivity contribution in [1.29, 1.82) is 0 Å². The van der Waals surface area contributed by atoms with Crippen LogP contribution in [0.3, 0.4) is 0 Å². The quantitative estimate of drug-likeness (QED) is 0.332. The molecule has 0 aliphatic heterocycles. The molecule has 0 N–H and O–H groups in total. The van der Waals surface area contributed by atoms with E-state index in [1.54, 1.807) is 0 Å². The van der Waals surface area contributed by atoms with Gasteiger partial charge in [-0.25, -0.2) is 0 Å². The van der Waals surface area contributed by atoms with Gasteiger partial charge in [-0.2, -0.15) is 0 Å². The van der Waals surface area contributed by atoms with Gasteiger partial charge in [-0.1, -0.05) is 0 Å². The fraction of sp³-hybridized carbons (Fsp3) is 0.333. The summed E-state index contributed by atoms with van der Waals surface area (Å²) in [6.45, 7) is 12.7. The van der Waals surface area contributed by atoms with Crippen molar-refractivity contribution >= 4 is 0 Å². The van der Waals surface area contributed by atoms with Crippen molar-refractivity contribution in [2.45, 2.75) is 54.7 Å². The third-order valence-corrected chi connectivity index (χ3v) is 28.7. The first-order chi connectivity index (χ1) is 14.7. The third kappa shape index (κ3) is 1.79. The van der Waals surface area contributed by atoms with Gasteiger partial charge in [0.25, 0.3) is 0 Å². The molecule has 0 spiro atoms. The van der Waals surface area contributed by atoms with E-state index < -0.39 is 13.6 Å². The van der Waals surface area contributed by atoms with E-state index in [2.05, 4.69) is 156 Å². The van der Waals surface area contributed by atoms with E-state index in [1.165, 1.54) is 0 Å². The van der Waals surface area contributed by atoms with Gasteiger partial charge in [-0.05, 0) is 0 Å². The van der Waals surface area contributed by atoms with E-state index in [9.17, 15) is 0 Å². The molecule has 0 radical (unpaired) electrons. The Morgan fingerprint density at radius 1 is 0.290 bits per heavy atom. The molecule has 166 valence electrons. The summed E-state index contributed by atoms with van der Waals surface area (Å²) in [4.78, 5) is 0. The predicted molar refractivity (Wildman–Crippen MR) is 133 cm³/mol. The maximum atomic E-state index is 2.54. The van der Waals surface area contributed by atoms with Crippen molar-refractivity contribution in [2.24, 2.45) is 0 Å². The summed E-state index contributed by atoms with van der Waals surface area (Å²) in [5.74, 6) is 0. The van der Waals surface area contributed by atoms with Gasteiger partial charge < -0.3 is 0 Å². The molecule has 1 heteroatoms. The molecule has 0 bridgehead atoms. The van der Waals surface area contributed by atoms with E-state index in [0.717, 1.165) is 0 Å². The Kier molecular flexibility index (Phi) is 4.10. The molecule has 0 unspecified atom stereocenters. The molecule has 0 saturated heterocycles. The summed E-state index contributed by atoms with van der Waals surface area (Å²) < 4.78 is -0.456. The Balaban J connectivity index is 2.15. The van der Waals surface area contributed by atoms with Crippen LogP contribution < -0.4 is 0 Å². The first-order valence-corrected chi connectivity index (χ1v) is 15.3. The van der Waals surface area contributed by atoms with Crippen LogP contribution >= 0.6 is 0 Å². The van der Waals surface area contributed by atoms with Crippen molar-refractivity contribution in [2.75, 3.05) is 0 Å². The van der Waals surface area contributed by atoms with Crippen molar-refractivity contribution in [3.05, 3.63) is 122 Å². The molecule has 5 aliphatic rings. The predicted octanol–water partition coefficient (Wildman–Crippen LogP) is 9.20. The standard InChI is InChI=1S/5C6H7.Rh/c5*1-6-4-2-3-5-6;/h5*2-5H,1H3;/q;;;;;-2. The van der Waals surface area contributed by atoms with Crippen LogP contribution in [0.15, 0.2) is 122 Å². The number of hydrogen-bond acceptors (Lipinski definition) is 0. The second kappa shape index (κ2) is 6.08. The Morgan fingerprint density at radius 2 is 0.419 bits per heavy atom. The van der Waals surface area contributed by atoms with Crippen molar-refractivity contribution in [3.8, 4) is 0 Å². The minimum atomic E-state index is -3.93. The molecule has 0 atom stereocenters. The first-order valence-electron chi connectivity index (χ1n) is 11.2. The summed E-state index contributed by atoms with van der Waals surface area (Å²) in [6, 6.07) is 0. The Morgan fingerprint density at radius 3 is 0.548 bits per heavy atom. The van der Waals surface area contributed by atoms with Crippen LogP contribution in [0.5, 0.6) is 0 Å². The van der Waals surface area contributed by atoms with E-state index in [4.69, 9.17) is 0 Å². The molecule has 0 saturated carbocycles. The van der Waals surface area contributed by atoms with E-state index >= 15 is 0 Å². The zero-order valence-corrected chi connectivity index (χ0v) is 21.0. The number of allylic oxidation sites excluding steroid dienone is 20. The van der Waals surface area contributed by atoms with Crippen molar-refractivity contribution in [3.63, 3.8) is 0 Å². The second-order valence-electron chi connectivity index (χ2n) is 9.94. The van der Waals surface area contributed by atoms with Crippen LogP contribution in [-0.4, -0.2) is 0 Å². The second-order valence-corrected chi connectivity index (χ2v) is 22.9. The molecule has 0 aromatic rings. The molecule has 5 rings (SSSR count). The summed E-state index contributed by atoms with van der Waals surface area (Å²) in [5.41, 5.74) is 0. The van der Waals surface area contributed by atoms with Gasteiger partial charge >= 0.3 is 190 Å². The van der Waals surface area contributed by atoms with E-state index in [0.29, 0.717) is 0 Å². The summed E-state index contributed by atoms with van der Waals surface area (Å²) in [5, 5.41) is 0. The Hall–Kier alpha value is -1.98. The van der Waals surface area contributed by atoms with Crippen molar-refractivity contribution in [1.82, 2.24) is 0 Å². The molecular weight excluding hydrogens is 463 g/mol. The molecule has 5 aliphatic carbocycles. The fourth-order valence-corrected chi connectivity index (χ4v) is 33.7. The van der Waals surface area contributed by atoms with Crippen LogP contribution in [0, 0.1) is 0 Å². The van der Waals surface area contributed by atoms with Crippen LogP contribution in [0.25, 0.3) is 0 Å². The monoisotopic (exact) mass is 498 g/mol. The van der Waals surface area contributed by atoms with Crippen molar-refractivity contribution < 1.29 is 13.6 Å². The first kappa shape index (κ1) is 20.9. The van der Waals surface area contributed by atoms with Gasteiger partial charge in [0, 0.05) is 0 Å². The third-order valence-electron chi connectivity index (χ3n) is 8.29. The molecule has 0 aromatic carbocycles. The molecule has 0 fully saturated rings. The van der Waals surface area contributed by atoms with Gasteiger partial charge in [-0.15, -0.1) is 0 Å². The fourth-order valence-electron chi connectivity index (χ4n) is 7.65. The molecule has 0 aromatic heterocycles. The molecule has 31 heavy (non-hydrogen) atoms. The summed E-state index contributed by atoms with van der Waals surface area (Å²) in [7, 11) is 0. The Labute approximate surface area is 189 Å². The SMILES string of the molecule is C[C]1([Rh-2]([C]2(C)C=CC=C2)([C]2(C)C=CC=C2)([C]2(C)C=CC=C2)[C]2(C)C=CC=C2)C=CC=C1. The zero-order valence-electron chi connectivity index (χ0n) is 19.4. The normalized spacial score (nSPS) is 29.5. The van der Waals surface area contributed by atoms with Crippen LogP contribution in [0.1, 0.15) is 34.6 Å². The average molecular weight is 499 g/mol. The molecule has 0 nitrogen and oxygen atoms in total. The van der Waals surface area contributed by atoms with Gasteiger partial charge in [0.05, 0.1) is 0 Å². The van der Waals surface area contributed by atoms with Crippen LogP contribution in [0.4, 0.5) is 0 Å². The van der Waals surface area contributed by atoms with Gasteiger partial charge in [-0.3, -0.25) is 0 Å². The Bertz CT molecular complexity index is 846. The maximum absolute atomic E-state index is 3.93. The molecule has 0 heterocycles. The zero-order chi connectivity index (χ0) is 22.1. The van der Waals surface area contributed by atoms with E-state index in [-0.39, 0.29) is 20.0 Å². The number of rotatable bonds is 5. The van der Waals surface area contributed by atoms with Gasteiger partial charge in [0.1, 0.15) is 0 Å². The van der Waals surface area contributed by atoms with Crippen LogP contribution in [0.2, 0.25) is 20.0 Å². The van der Waals surface area contributed by atoms with Gasteiger partial charge in [0.2, 0.25) is 0 Å². The minimum absolute atomic E-state index is 0.0912. The summed E-state index contributed by atoms with van der Waals surface area (Å²) in [6.07, 6.45) is 48.4. The summed E-state index contributed by atoms with van der Waals surface area (Å²) >= 11 is -3.93. The average Bonchev–Trinajstić information content (AvgIpc) is 3.51. The van der Waals surface area contributed by atoms with E-state index in [1.807, 2.05) is 0 Å².